The van der Waals surface area contributed by atoms with Gasteiger partial charge in [-0.05, 0) is 38.5 Å². The van der Waals surface area contributed by atoms with Gasteiger partial charge in [0.05, 0.1) is 5.02 Å². The maximum Gasteiger partial charge on any atom is 0.0583 e. The van der Waals surface area contributed by atoms with E-state index >= 15 is 0 Å². The van der Waals surface area contributed by atoms with E-state index in [0.29, 0.717) is 0 Å². The van der Waals surface area contributed by atoms with Crippen molar-refractivity contribution in [3.8, 4) is 0 Å². The van der Waals surface area contributed by atoms with Gasteiger partial charge in [0.25, 0.3) is 0 Å². The van der Waals surface area contributed by atoms with E-state index in [0.717, 1.165) is 43.3 Å². The van der Waals surface area contributed by atoms with E-state index in [1.54, 1.807) is 6.20 Å². The van der Waals surface area contributed by atoms with Crippen LogP contribution in [-0.4, -0.2) is 24.6 Å². The van der Waals surface area contributed by atoms with Gasteiger partial charge < -0.3 is 15.6 Å². The molecule has 86 valence electrons. The molecule has 0 aliphatic rings. The van der Waals surface area contributed by atoms with Crippen LogP contribution in [0, 0.1) is 0 Å². The zero-order valence-corrected chi connectivity index (χ0v) is 10.0. The Hall–Kier alpha value is -0.510. The Balaban J connectivity index is 1.93. The molecule has 0 unspecified atom stereocenters. The summed E-state index contributed by atoms with van der Waals surface area (Å²) < 4.78 is 0. The summed E-state index contributed by atoms with van der Waals surface area (Å²) in [6.07, 6.45) is 4.17. The van der Waals surface area contributed by atoms with E-state index in [-0.39, 0.29) is 0 Å². The first-order valence-corrected chi connectivity index (χ1v) is 5.95. The van der Waals surface area contributed by atoms with Crippen LogP contribution in [0.15, 0.2) is 12.3 Å². The Labute approximate surface area is 96.6 Å². The maximum absolute atomic E-state index is 5.79. The van der Waals surface area contributed by atoms with E-state index in [4.69, 9.17) is 11.6 Å². The van der Waals surface area contributed by atoms with Gasteiger partial charge in [0, 0.05) is 18.4 Å². The van der Waals surface area contributed by atoms with Crippen molar-refractivity contribution in [2.75, 3.05) is 19.6 Å². The number of nitrogens with one attached hydrogen (secondary N) is 3. The molecule has 0 spiro atoms. The molecule has 1 rings (SSSR count). The molecule has 0 fully saturated rings. The zero-order chi connectivity index (χ0) is 10.9. The van der Waals surface area contributed by atoms with E-state index in [9.17, 15) is 0 Å². The monoisotopic (exact) mass is 229 g/mol. The molecular weight excluding hydrogens is 210 g/mol. The lowest BCUT2D eigenvalue weighted by atomic mass is 10.3. The van der Waals surface area contributed by atoms with Gasteiger partial charge in [-0.2, -0.15) is 0 Å². The highest BCUT2D eigenvalue weighted by Gasteiger charge is 1.95. The molecule has 1 aromatic rings. The molecular formula is C11H20ClN3. The van der Waals surface area contributed by atoms with Gasteiger partial charge in [-0.25, -0.2) is 0 Å². The fourth-order valence-electron chi connectivity index (χ4n) is 1.38. The summed E-state index contributed by atoms with van der Waals surface area (Å²) in [5, 5.41) is 7.51. The van der Waals surface area contributed by atoms with Crippen molar-refractivity contribution in [1.29, 1.82) is 0 Å². The molecule has 1 heterocycles. The largest absolute Gasteiger partial charge is 0.363 e. The molecule has 0 aliphatic carbocycles. The van der Waals surface area contributed by atoms with Crippen molar-refractivity contribution >= 4 is 11.6 Å². The predicted octanol–water partition coefficient (Wildman–Crippen LogP) is 2.15. The topological polar surface area (TPSA) is 39.8 Å². The molecule has 0 saturated heterocycles. The molecule has 0 atom stereocenters. The van der Waals surface area contributed by atoms with Gasteiger partial charge in [0.1, 0.15) is 0 Å². The number of aromatic nitrogens is 1. The average Bonchev–Trinajstić information content (AvgIpc) is 2.63. The van der Waals surface area contributed by atoms with Crippen LogP contribution in [0.25, 0.3) is 0 Å². The van der Waals surface area contributed by atoms with Crippen molar-refractivity contribution in [3.05, 3.63) is 23.0 Å². The van der Waals surface area contributed by atoms with Gasteiger partial charge in [0.15, 0.2) is 0 Å². The highest BCUT2D eigenvalue weighted by atomic mass is 35.5. The molecule has 0 aliphatic heterocycles. The molecule has 0 bridgehead atoms. The van der Waals surface area contributed by atoms with Crippen LogP contribution in [0.5, 0.6) is 0 Å². The van der Waals surface area contributed by atoms with Gasteiger partial charge >= 0.3 is 0 Å². The molecule has 15 heavy (non-hydrogen) atoms. The zero-order valence-electron chi connectivity index (χ0n) is 9.28. The number of rotatable bonds is 8. The number of aromatic amines is 1. The molecule has 0 amide bonds. The Kier molecular flexibility index (Phi) is 6.48. The van der Waals surface area contributed by atoms with E-state index < -0.39 is 0 Å². The second kappa shape index (κ2) is 7.74. The van der Waals surface area contributed by atoms with Crippen molar-refractivity contribution in [2.24, 2.45) is 0 Å². The van der Waals surface area contributed by atoms with E-state index in [1.807, 2.05) is 6.07 Å². The quantitative estimate of drug-likeness (QED) is 0.598. The van der Waals surface area contributed by atoms with Gasteiger partial charge in [-0.3, -0.25) is 0 Å². The van der Waals surface area contributed by atoms with Gasteiger partial charge in [-0.1, -0.05) is 18.5 Å². The molecule has 0 saturated carbocycles. The third-order valence-corrected chi connectivity index (χ3v) is 2.38. The molecule has 3 N–H and O–H groups in total. The maximum atomic E-state index is 5.79. The fourth-order valence-corrected chi connectivity index (χ4v) is 1.56. The smallest absolute Gasteiger partial charge is 0.0583 e. The summed E-state index contributed by atoms with van der Waals surface area (Å²) in [6, 6.07) is 1.95. The number of halogens is 1. The first-order chi connectivity index (χ1) is 7.33. The minimum Gasteiger partial charge on any atom is -0.363 e. The fraction of sp³-hybridized carbons (Fsp3) is 0.636. The summed E-state index contributed by atoms with van der Waals surface area (Å²) in [4.78, 5) is 3.11. The van der Waals surface area contributed by atoms with Gasteiger partial charge in [0.2, 0.25) is 0 Å². The molecule has 1 aromatic heterocycles. The third-order valence-electron chi connectivity index (χ3n) is 2.16. The minimum atomic E-state index is 0.774. The highest BCUT2D eigenvalue weighted by molar-refractivity contribution is 6.30. The normalized spacial score (nSPS) is 10.8. The molecule has 0 radical (unpaired) electrons. The summed E-state index contributed by atoms with van der Waals surface area (Å²) in [6.45, 7) is 6.28. The number of hydrogen-bond acceptors (Lipinski definition) is 2. The third kappa shape index (κ3) is 5.82. The number of H-pyrrole nitrogens is 1. The lowest BCUT2D eigenvalue weighted by molar-refractivity contribution is 0.589. The minimum absolute atomic E-state index is 0.774. The van der Waals surface area contributed by atoms with Crippen LogP contribution < -0.4 is 10.6 Å². The molecule has 0 aromatic carbocycles. The van der Waals surface area contributed by atoms with Crippen molar-refractivity contribution in [2.45, 2.75) is 26.3 Å². The van der Waals surface area contributed by atoms with Gasteiger partial charge in [-0.15, -0.1) is 0 Å². The van der Waals surface area contributed by atoms with Crippen LogP contribution in [0.3, 0.4) is 0 Å². The predicted molar refractivity (Wildman–Crippen MR) is 65.3 cm³/mol. The summed E-state index contributed by atoms with van der Waals surface area (Å²) in [7, 11) is 0. The summed E-state index contributed by atoms with van der Waals surface area (Å²) in [5.74, 6) is 0. The lowest BCUT2D eigenvalue weighted by Crippen LogP contribution is -2.22. The van der Waals surface area contributed by atoms with Crippen LogP contribution in [0.2, 0.25) is 5.02 Å². The SMILES string of the molecule is CCCNCCCNCc1cc(Cl)c[nH]1. The first kappa shape index (κ1) is 12.6. The Morgan fingerprint density at radius 1 is 1.27 bits per heavy atom. The van der Waals surface area contributed by atoms with Crippen molar-refractivity contribution < 1.29 is 0 Å². The summed E-state index contributed by atoms with van der Waals surface area (Å²) >= 11 is 5.79. The number of hydrogen-bond donors (Lipinski definition) is 3. The second-order valence-electron chi connectivity index (χ2n) is 3.62. The summed E-state index contributed by atoms with van der Waals surface area (Å²) in [5.41, 5.74) is 1.14. The molecule has 3 nitrogen and oxygen atoms in total. The standard InChI is InChI=1S/C11H20ClN3/c1-2-4-13-5-3-6-14-9-11-7-10(12)8-15-11/h7-8,13-15H,2-6,9H2,1H3. The van der Waals surface area contributed by atoms with Crippen LogP contribution in [0.4, 0.5) is 0 Å². The van der Waals surface area contributed by atoms with Crippen molar-refractivity contribution in [3.63, 3.8) is 0 Å². The van der Waals surface area contributed by atoms with Crippen molar-refractivity contribution in [1.82, 2.24) is 15.6 Å². The van der Waals surface area contributed by atoms with E-state index in [1.165, 1.54) is 6.42 Å². The molecule has 4 heteroatoms. The van der Waals surface area contributed by atoms with Crippen LogP contribution >= 0.6 is 11.6 Å². The average molecular weight is 230 g/mol. The van der Waals surface area contributed by atoms with Crippen LogP contribution in [0.1, 0.15) is 25.5 Å². The lowest BCUT2D eigenvalue weighted by Gasteiger charge is -2.04. The Morgan fingerprint density at radius 3 is 2.73 bits per heavy atom. The Bertz CT molecular complexity index is 260. The Morgan fingerprint density at radius 2 is 2.07 bits per heavy atom. The van der Waals surface area contributed by atoms with E-state index in [2.05, 4.69) is 22.5 Å². The highest BCUT2D eigenvalue weighted by Crippen LogP contribution is 2.08. The van der Waals surface area contributed by atoms with Crippen LogP contribution in [-0.2, 0) is 6.54 Å². The second-order valence-corrected chi connectivity index (χ2v) is 4.06. The first-order valence-electron chi connectivity index (χ1n) is 5.57.